The lowest BCUT2D eigenvalue weighted by atomic mass is 9.97. The number of fused-ring (bicyclic) bond motifs is 2. The molecular formula is C29H26Cl2FN5. The van der Waals surface area contributed by atoms with E-state index in [-0.39, 0.29) is 5.02 Å². The molecule has 4 heterocycles. The average molecular weight is 534 g/mol. The minimum atomic E-state index is -0.422. The Bertz CT molecular complexity index is 1620. The van der Waals surface area contributed by atoms with Gasteiger partial charge in [-0.25, -0.2) is 14.1 Å². The highest BCUT2D eigenvalue weighted by atomic mass is 35.5. The van der Waals surface area contributed by atoms with E-state index in [0.29, 0.717) is 30.4 Å². The molecule has 0 saturated heterocycles. The van der Waals surface area contributed by atoms with Crippen molar-refractivity contribution in [1.82, 2.24) is 19.7 Å². The van der Waals surface area contributed by atoms with Gasteiger partial charge >= 0.3 is 0 Å². The maximum atomic E-state index is 14.9. The van der Waals surface area contributed by atoms with Crippen molar-refractivity contribution in [1.29, 1.82) is 0 Å². The third kappa shape index (κ3) is 3.99. The van der Waals surface area contributed by atoms with Crippen LogP contribution in [0.2, 0.25) is 10.0 Å². The third-order valence-corrected chi connectivity index (χ3v) is 7.75. The summed E-state index contributed by atoms with van der Waals surface area (Å²) in [5.74, 6) is -0.117. The summed E-state index contributed by atoms with van der Waals surface area (Å²) in [4.78, 5) is 9.57. The Morgan fingerprint density at radius 2 is 1.84 bits per heavy atom. The number of H-pyrrole nitrogens is 1. The van der Waals surface area contributed by atoms with Gasteiger partial charge in [0.25, 0.3) is 0 Å². The summed E-state index contributed by atoms with van der Waals surface area (Å²) in [7, 11) is 0. The van der Waals surface area contributed by atoms with Crippen LogP contribution in [0.3, 0.4) is 0 Å². The first-order valence-electron chi connectivity index (χ1n) is 12.5. The van der Waals surface area contributed by atoms with Gasteiger partial charge in [-0.1, -0.05) is 61.3 Å². The molecular weight excluding hydrogens is 508 g/mol. The number of nitrogens with one attached hydrogen (secondary N) is 1. The second-order valence-corrected chi connectivity index (χ2v) is 10.2. The van der Waals surface area contributed by atoms with Crippen LogP contribution >= 0.6 is 23.2 Å². The van der Waals surface area contributed by atoms with E-state index in [0.717, 1.165) is 51.9 Å². The van der Waals surface area contributed by atoms with Crippen LogP contribution in [0.5, 0.6) is 0 Å². The zero-order valence-corrected chi connectivity index (χ0v) is 22.2. The minimum Gasteiger partial charge on any atom is -0.360 e. The van der Waals surface area contributed by atoms with Gasteiger partial charge in [0.1, 0.15) is 0 Å². The number of hydrogen-bond donors (Lipinski definition) is 1. The predicted molar refractivity (Wildman–Crippen MR) is 149 cm³/mol. The number of anilines is 1. The van der Waals surface area contributed by atoms with E-state index < -0.39 is 5.82 Å². The second kappa shape index (κ2) is 9.51. The molecule has 0 bridgehead atoms. The molecule has 2 aromatic carbocycles. The van der Waals surface area contributed by atoms with Gasteiger partial charge in [-0.05, 0) is 42.2 Å². The molecule has 0 unspecified atom stereocenters. The van der Waals surface area contributed by atoms with Crippen LogP contribution in [-0.4, -0.2) is 26.3 Å². The number of pyridine rings is 1. The Labute approximate surface area is 224 Å². The lowest BCUT2D eigenvalue weighted by molar-refractivity contribution is 0.600. The molecule has 0 atom stereocenters. The Morgan fingerprint density at radius 1 is 1.05 bits per heavy atom. The van der Waals surface area contributed by atoms with Gasteiger partial charge in [0.2, 0.25) is 0 Å². The van der Waals surface area contributed by atoms with E-state index in [9.17, 15) is 4.39 Å². The maximum Gasteiger partial charge on any atom is 0.167 e. The molecule has 8 heteroatoms. The molecule has 188 valence electrons. The SMILES string of the molecule is CCc1cccc(CC)c1-n1nc2c(c1-c1ccc(Cl)c3[nH]ccc13)CN(c1ncc(Cl)cc1F)CC2. The maximum absolute atomic E-state index is 14.9. The summed E-state index contributed by atoms with van der Waals surface area (Å²) in [5.41, 5.74) is 8.62. The van der Waals surface area contributed by atoms with Crippen LogP contribution in [0.4, 0.5) is 10.2 Å². The normalized spacial score (nSPS) is 13.4. The Morgan fingerprint density at radius 3 is 2.57 bits per heavy atom. The van der Waals surface area contributed by atoms with Crippen molar-refractivity contribution >= 4 is 39.9 Å². The average Bonchev–Trinajstić information content (AvgIpc) is 3.54. The van der Waals surface area contributed by atoms with Gasteiger partial charge in [0.05, 0.1) is 32.6 Å². The monoisotopic (exact) mass is 533 g/mol. The lowest BCUT2D eigenvalue weighted by Gasteiger charge is -2.28. The predicted octanol–water partition coefficient (Wildman–Crippen LogP) is 7.55. The smallest absolute Gasteiger partial charge is 0.167 e. The van der Waals surface area contributed by atoms with Crippen LogP contribution in [0.25, 0.3) is 27.8 Å². The molecule has 0 amide bonds. The first-order chi connectivity index (χ1) is 18.0. The fraction of sp³-hybridized carbons (Fsp3) is 0.241. The van der Waals surface area contributed by atoms with Gasteiger partial charge < -0.3 is 9.88 Å². The molecule has 0 radical (unpaired) electrons. The number of rotatable bonds is 5. The molecule has 5 nitrogen and oxygen atoms in total. The van der Waals surface area contributed by atoms with Crippen molar-refractivity contribution in [3.63, 3.8) is 0 Å². The molecule has 3 aromatic heterocycles. The van der Waals surface area contributed by atoms with Crippen LogP contribution in [0.1, 0.15) is 36.2 Å². The Balaban J connectivity index is 1.61. The van der Waals surface area contributed by atoms with Crippen LogP contribution < -0.4 is 4.90 Å². The van der Waals surface area contributed by atoms with Crippen LogP contribution in [0, 0.1) is 5.82 Å². The number of aromatic nitrogens is 4. The summed E-state index contributed by atoms with van der Waals surface area (Å²) in [6.45, 7) is 5.45. The van der Waals surface area contributed by atoms with Crippen LogP contribution in [0.15, 0.2) is 54.9 Å². The van der Waals surface area contributed by atoms with Crippen molar-refractivity contribution in [3.05, 3.63) is 93.1 Å². The lowest BCUT2D eigenvalue weighted by Crippen LogP contribution is -2.31. The zero-order chi connectivity index (χ0) is 25.7. The van der Waals surface area contributed by atoms with Crippen LogP contribution in [-0.2, 0) is 25.8 Å². The number of halogens is 3. The minimum absolute atomic E-state index is 0.284. The fourth-order valence-corrected chi connectivity index (χ4v) is 5.81. The van der Waals surface area contributed by atoms with Gasteiger partial charge in [0, 0.05) is 48.4 Å². The number of benzene rings is 2. The number of hydrogen-bond acceptors (Lipinski definition) is 3. The van der Waals surface area contributed by atoms with Gasteiger partial charge in [-0.3, -0.25) is 0 Å². The molecule has 1 aliphatic heterocycles. The fourth-order valence-electron chi connectivity index (χ4n) is 5.45. The second-order valence-electron chi connectivity index (χ2n) is 9.31. The number of aromatic amines is 1. The molecule has 0 fully saturated rings. The summed E-state index contributed by atoms with van der Waals surface area (Å²) in [6.07, 6.45) is 5.86. The highest BCUT2D eigenvalue weighted by Crippen LogP contribution is 2.40. The van der Waals surface area contributed by atoms with E-state index in [4.69, 9.17) is 28.3 Å². The van der Waals surface area contributed by atoms with Crippen molar-refractivity contribution in [2.75, 3.05) is 11.4 Å². The summed E-state index contributed by atoms with van der Waals surface area (Å²) >= 11 is 12.5. The zero-order valence-electron chi connectivity index (χ0n) is 20.7. The third-order valence-electron chi connectivity index (χ3n) is 7.23. The molecule has 0 spiro atoms. The molecule has 0 saturated carbocycles. The highest BCUT2D eigenvalue weighted by Gasteiger charge is 2.30. The van der Waals surface area contributed by atoms with Gasteiger partial charge in [0.15, 0.2) is 11.6 Å². The molecule has 6 rings (SSSR count). The molecule has 1 aliphatic rings. The Hall–Kier alpha value is -3.35. The van der Waals surface area contributed by atoms with Gasteiger partial charge in [-0.15, -0.1) is 0 Å². The largest absolute Gasteiger partial charge is 0.360 e. The van der Waals surface area contributed by atoms with Crippen molar-refractivity contribution in [2.45, 2.75) is 39.7 Å². The van der Waals surface area contributed by atoms with E-state index >= 15 is 0 Å². The molecule has 0 aliphatic carbocycles. The highest BCUT2D eigenvalue weighted by molar-refractivity contribution is 6.35. The molecule has 37 heavy (non-hydrogen) atoms. The van der Waals surface area contributed by atoms with Crippen molar-refractivity contribution in [2.24, 2.45) is 0 Å². The molecule has 1 N–H and O–H groups in total. The van der Waals surface area contributed by atoms with Crippen molar-refractivity contribution in [3.8, 4) is 16.9 Å². The van der Waals surface area contributed by atoms with E-state index in [1.807, 2.05) is 23.2 Å². The standard InChI is InChI=1S/C29H26Cl2FN5/c1-3-17-6-5-7-18(4-2)27(17)37-28(21-8-9-23(31)26-20(21)10-12-33-26)22-16-36(13-11-25(22)35-37)29-24(32)14-19(30)15-34-29/h5-10,12,14-15,33H,3-4,11,13,16H2,1-2H3. The summed E-state index contributed by atoms with van der Waals surface area (Å²) in [5, 5.41) is 7.18. The first kappa shape index (κ1) is 24.0. The van der Waals surface area contributed by atoms with Crippen molar-refractivity contribution < 1.29 is 4.39 Å². The van der Waals surface area contributed by atoms with E-state index in [1.165, 1.54) is 23.4 Å². The topological polar surface area (TPSA) is 49.7 Å². The molecule has 5 aromatic rings. The van der Waals surface area contributed by atoms with Gasteiger partial charge in [-0.2, -0.15) is 5.10 Å². The first-order valence-corrected chi connectivity index (χ1v) is 13.3. The van der Waals surface area contributed by atoms with E-state index in [1.54, 1.807) is 0 Å². The Kier molecular flexibility index (Phi) is 6.17. The number of para-hydroxylation sites is 1. The summed E-state index contributed by atoms with van der Waals surface area (Å²) in [6, 6.07) is 13.8. The summed E-state index contributed by atoms with van der Waals surface area (Å²) < 4.78 is 17.0. The number of aryl methyl sites for hydroxylation is 2. The quantitative estimate of drug-likeness (QED) is 0.253. The number of nitrogens with zero attached hydrogens (tertiary/aromatic N) is 4. The van der Waals surface area contributed by atoms with E-state index in [2.05, 4.69) is 52.8 Å².